The maximum atomic E-state index is 5.76. The summed E-state index contributed by atoms with van der Waals surface area (Å²) in [6.45, 7) is 2.07. The molecule has 2 rings (SSSR count). The molecule has 0 saturated carbocycles. The summed E-state index contributed by atoms with van der Waals surface area (Å²) in [6.07, 6.45) is 5.40. The molecule has 0 amide bonds. The smallest absolute Gasteiger partial charge is 0.0349 e. The third-order valence-corrected chi connectivity index (χ3v) is 2.27. The van der Waals surface area contributed by atoms with E-state index in [0.29, 0.717) is 0 Å². The predicted octanol–water partition coefficient (Wildman–Crippen LogP) is 2.15. The minimum Gasteiger partial charge on any atom is -0.398 e. The number of allylic oxidation sites excluding steroid dienone is 1. The van der Waals surface area contributed by atoms with Crippen LogP contribution in [0.4, 0.5) is 5.69 Å². The lowest BCUT2D eigenvalue weighted by Gasteiger charge is -2.05. The molecule has 0 fully saturated rings. The highest BCUT2D eigenvalue weighted by Crippen LogP contribution is 2.26. The molecule has 1 heteroatoms. The number of rotatable bonds is 0. The topological polar surface area (TPSA) is 26.0 Å². The first-order chi connectivity index (χ1) is 5.29. The summed E-state index contributed by atoms with van der Waals surface area (Å²) >= 11 is 0. The highest BCUT2D eigenvalue weighted by Gasteiger charge is 2.08. The normalized spacial score (nSPS) is 13.5. The average molecular weight is 145 g/mol. The first kappa shape index (κ1) is 6.47. The summed E-state index contributed by atoms with van der Waals surface area (Å²) in [5, 5.41) is 0. The van der Waals surface area contributed by atoms with Gasteiger partial charge in [0.2, 0.25) is 0 Å². The lowest BCUT2D eigenvalue weighted by Crippen LogP contribution is -1.93. The van der Waals surface area contributed by atoms with Crippen molar-refractivity contribution in [3.8, 4) is 0 Å². The predicted molar refractivity (Wildman–Crippen MR) is 48.3 cm³/mol. The van der Waals surface area contributed by atoms with Crippen LogP contribution in [-0.4, -0.2) is 0 Å². The number of benzene rings is 1. The van der Waals surface area contributed by atoms with Gasteiger partial charge in [0, 0.05) is 5.69 Å². The van der Waals surface area contributed by atoms with Crippen LogP contribution in [0.2, 0.25) is 0 Å². The fourth-order valence-electron chi connectivity index (χ4n) is 1.52. The van der Waals surface area contributed by atoms with Crippen LogP contribution in [0.1, 0.15) is 16.7 Å². The van der Waals surface area contributed by atoms with Gasteiger partial charge in [0.1, 0.15) is 0 Å². The molecule has 0 aliphatic heterocycles. The molecule has 1 aromatic carbocycles. The van der Waals surface area contributed by atoms with Crippen molar-refractivity contribution in [3.63, 3.8) is 0 Å². The Morgan fingerprint density at radius 2 is 2.18 bits per heavy atom. The Bertz CT molecular complexity index is 324. The Hall–Kier alpha value is -1.24. The van der Waals surface area contributed by atoms with Crippen LogP contribution >= 0.6 is 0 Å². The number of fused-ring (bicyclic) bond motifs is 1. The highest BCUT2D eigenvalue weighted by molar-refractivity contribution is 5.69. The van der Waals surface area contributed by atoms with Gasteiger partial charge in [-0.05, 0) is 36.1 Å². The van der Waals surface area contributed by atoms with Crippen LogP contribution in [0.25, 0.3) is 6.08 Å². The minimum absolute atomic E-state index is 0.898. The van der Waals surface area contributed by atoms with Gasteiger partial charge in [0.25, 0.3) is 0 Å². The summed E-state index contributed by atoms with van der Waals surface area (Å²) in [7, 11) is 0. The molecule has 0 heterocycles. The first-order valence-electron chi connectivity index (χ1n) is 3.83. The Morgan fingerprint density at radius 1 is 1.36 bits per heavy atom. The molecule has 1 aliphatic rings. The van der Waals surface area contributed by atoms with Gasteiger partial charge in [-0.2, -0.15) is 0 Å². The summed E-state index contributed by atoms with van der Waals surface area (Å²) in [5.41, 5.74) is 10.6. The molecule has 0 aromatic heterocycles. The molecule has 1 aliphatic carbocycles. The Morgan fingerprint density at radius 3 is 3.00 bits per heavy atom. The molecule has 1 nitrogen and oxygen atoms in total. The molecule has 11 heavy (non-hydrogen) atoms. The molecular weight excluding hydrogens is 134 g/mol. The summed E-state index contributed by atoms with van der Waals surface area (Å²) < 4.78 is 0. The second kappa shape index (κ2) is 2.12. The highest BCUT2D eigenvalue weighted by atomic mass is 14.6. The Balaban J connectivity index is 2.70. The van der Waals surface area contributed by atoms with E-state index in [1.807, 2.05) is 6.07 Å². The number of anilines is 1. The number of hydrogen-bond donors (Lipinski definition) is 1. The zero-order valence-corrected chi connectivity index (χ0v) is 6.59. The van der Waals surface area contributed by atoms with Gasteiger partial charge in [-0.25, -0.2) is 0 Å². The fourth-order valence-corrected chi connectivity index (χ4v) is 1.52. The van der Waals surface area contributed by atoms with Crippen molar-refractivity contribution in [2.75, 3.05) is 5.73 Å². The van der Waals surface area contributed by atoms with Crippen molar-refractivity contribution in [1.82, 2.24) is 0 Å². The molecule has 2 N–H and O–H groups in total. The van der Waals surface area contributed by atoms with Gasteiger partial charge in [0.05, 0.1) is 0 Å². The van der Waals surface area contributed by atoms with E-state index in [9.17, 15) is 0 Å². The second-order valence-electron chi connectivity index (χ2n) is 2.96. The van der Waals surface area contributed by atoms with Gasteiger partial charge >= 0.3 is 0 Å². The molecule has 0 radical (unpaired) electrons. The van der Waals surface area contributed by atoms with E-state index in [1.54, 1.807) is 0 Å². The monoisotopic (exact) mass is 145 g/mol. The van der Waals surface area contributed by atoms with Crippen LogP contribution < -0.4 is 5.73 Å². The van der Waals surface area contributed by atoms with Crippen molar-refractivity contribution in [2.24, 2.45) is 0 Å². The molecule has 0 atom stereocenters. The molecule has 56 valence electrons. The van der Waals surface area contributed by atoms with E-state index in [0.717, 1.165) is 12.1 Å². The lowest BCUT2D eigenvalue weighted by molar-refractivity contribution is 1.28. The standard InChI is InChI=1S/C10H11N/c1-7-9-4-2-3-8(9)5-6-10(7)11/h2,4-6H,3,11H2,1H3. The van der Waals surface area contributed by atoms with E-state index < -0.39 is 0 Å². The van der Waals surface area contributed by atoms with Crippen LogP contribution in [-0.2, 0) is 6.42 Å². The summed E-state index contributed by atoms with van der Waals surface area (Å²) in [5.74, 6) is 0. The van der Waals surface area contributed by atoms with Crippen molar-refractivity contribution in [1.29, 1.82) is 0 Å². The zero-order valence-electron chi connectivity index (χ0n) is 6.59. The minimum atomic E-state index is 0.898. The van der Waals surface area contributed by atoms with Gasteiger partial charge in [0.15, 0.2) is 0 Å². The third kappa shape index (κ3) is 0.845. The van der Waals surface area contributed by atoms with Crippen molar-refractivity contribution in [2.45, 2.75) is 13.3 Å². The van der Waals surface area contributed by atoms with Crippen molar-refractivity contribution >= 4 is 11.8 Å². The van der Waals surface area contributed by atoms with Gasteiger partial charge < -0.3 is 5.73 Å². The van der Waals surface area contributed by atoms with Crippen molar-refractivity contribution < 1.29 is 0 Å². The quantitative estimate of drug-likeness (QED) is 0.556. The summed E-state index contributed by atoms with van der Waals surface area (Å²) in [4.78, 5) is 0. The van der Waals surface area contributed by atoms with Crippen LogP contribution in [0, 0.1) is 6.92 Å². The lowest BCUT2D eigenvalue weighted by atomic mass is 10.0. The van der Waals surface area contributed by atoms with Gasteiger partial charge in [-0.3, -0.25) is 0 Å². The maximum Gasteiger partial charge on any atom is 0.0349 e. The molecule has 1 aromatic rings. The fraction of sp³-hybridized carbons (Fsp3) is 0.200. The second-order valence-corrected chi connectivity index (χ2v) is 2.96. The van der Waals surface area contributed by atoms with E-state index in [4.69, 9.17) is 5.73 Å². The van der Waals surface area contributed by atoms with Crippen LogP contribution in [0.5, 0.6) is 0 Å². The number of hydrogen-bond acceptors (Lipinski definition) is 1. The van der Waals surface area contributed by atoms with Crippen LogP contribution in [0.3, 0.4) is 0 Å². The Kier molecular flexibility index (Phi) is 1.25. The van der Waals surface area contributed by atoms with E-state index >= 15 is 0 Å². The summed E-state index contributed by atoms with van der Waals surface area (Å²) in [6, 6.07) is 4.10. The molecule has 0 saturated heterocycles. The molecule has 0 unspecified atom stereocenters. The zero-order chi connectivity index (χ0) is 7.84. The van der Waals surface area contributed by atoms with Gasteiger partial charge in [-0.15, -0.1) is 0 Å². The van der Waals surface area contributed by atoms with E-state index in [1.165, 1.54) is 16.7 Å². The first-order valence-corrected chi connectivity index (χ1v) is 3.83. The van der Waals surface area contributed by atoms with Gasteiger partial charge in [-0.1, -0.05) is 18.2 Å². The SMILES string of the molecule is Cc1c(N)ccc2c1C=CC2. The third-order valence-electron chi connectivity index (χ3n) is 2.27. The molecule has 0 spiro atoms. The maximum absolute atomic E-state index is 5.76. The molecule has 0 bridgehead atoms. The number of nitrogen functional groups attached to an aromatic ring is 1. The average Bonchev–Trinajstić information content (AvgIpc) is 2.45. The van der Waals surface area contributed by atoms with E-state index in [2.05, 4.69) is 25.1 Å². The number of nitrogens with two attached hydrogens (primary N) is 1. The van der Waals surface area contributed by atoms with E-state index in [-0.39, 0.29) is 0 Å². The van der Waals surface area contributed by atoms with Crippen molar-refractivity contribution in [3.05, 3.63) is 34.9 Å². The largest absolute Gasteiger partial charge is 0.398 e. The Labute approximate surface area is 66.5 Å². The molecular formula is C10H11N. The van der Waals surface area contributed by atoms with Crippen LogP contribution in [0.15, 0.2) is 18.2 Å².